The van der Waals surface area contributed by atoms with Crippen LogP contribution in [0.25, 0.3) is 0 Å². The molecule has 0 unspecified atom stereocenters. The van der Waals surface area contributed by atoms with Crippen molar-refractivity contribution in [2.75, 3.05) is 0 Å². The minimum atomic E-state index is -0.539. The highest BCUT2D eigenvalue weighted by Crippen LogP contribution is 2.16. The standard InChI is InChI=1S/C12H10N2O3/c1-8-2-4-9(5-3-8)12(15)11-6-10(7-13-11)14(16)17/h2-7,13H,1H3. The Morgan fingerprint density at radius 1 is 1.29 bits per heavy atom. The molecule has 0 spiro atoms. The molecule has 1 aromatic carbocycles. The van der Waals surface area contributed by atoms with Crippen LogP contribution < -0.4 is 0 Å². The van der Waals surface area contributed by atoms with Crippen molar-refractivity contribution >= 4 is 11.5 Å². The van der Waals surface area contributed by atoms with Crippen molar-refractivity contribution in [3.8, 4) is 0 Å². The Morgan fingerprint density at radius 2 is 1.94 bits per heavy atom. The van der Waals surface area contributed by atoms with Gasteiger partial charge >= 0.3 is 0 Å². The SMILES string of the molecule is Cc1ccc(C(=O)c2cc([N+](=O)[O-])c[nH]2)cc1. The Bertz CT molecular complexity index is 570. The number of carbonyl (C=O) groups excluding carboxylic acids is 1. The summed E-state index contributed by atoms with van der Waals surface area (Å²) in [7, 11) is 0. The normalized spacial score (nSPS) is 10.2. The van der Waals surface area contributed by atoms with E-state index in [0.717, 1.165) is 5.56 Å². The molecule has 17 heavy (non-hydrogen) atoms. The molecule has 0 fully saturated rings. The van der Waals surface area contributed by atoms with Crippen molar-refractivity contribution in [3.63, 3.8) is 0 Å². The summed E-state index contributed by atoms with van der Waals surface area (Å²) in [4.78, 5) is 24.5. The highest BCUT2D eigenvalue weighted by Gasteiger charge is 2.15. The van der Waals surface area contributed by atoms with Gasteiger partial charge in [-0.15, -0.1) is 0 Å². The van der Waals surface area contributed by atoms with Crippen LogP contribution >= 0.6 is 0 Å². The van der Waals surface area contributed by atoms with Crippen molar-refractivity contribution in [3.05, 3.63) is 63.5 Å². The predicted octanol–water partition coefficient (Wildman–Crippen LogP) is 2.46. The molecular formula is C12H10N2O3. The first kappa shape index (κ1) is 11.1. The number of hydrogen-bond acceptors (Lipinski definition) is 3. The number of hydrogen-bond donors (Lipinski definition) is 1. The van der Waals surface area contributed by atoms with Gasteiger partial charge in [-0.25, -0.2) is 0 Å². The smallest absolute Gasteiger partial charge is 0.287 e. The quantitative estimate of drug-likeness (QED) is 0.500. The van der Waals surface area contributed by atoms with Crippen LogP contribution in [0.5, 0.6) is 0 Å². The summed E-state index contributed by atoms with van der Waals surface area (Å²) >= 11 is 0. The fourth-order valence-corrected chi connectivity index (χ4v) is 1.48. The molecule has 1 aromatic heterocycles. The van der Waals surface area contributed by atoms with E-state index in [0.29, 0.717) is 5.56 Å². The number of H-pyrrole nitrogens is 1. The lowest BCUT2D eigenvalue weighted by Crippen LogP contribution is -2.01. The molecule has 2 rings (SSSR count). The molecule has 0 amide bonds. The molecule has 86 valence electrons. The third kappa shape index (κ3) is 2.23. The van der Waals surface area contributed by atoms with E-state index >= 15 is 0 Å². The first-order valence-corrected chi connectivity index (χ1v) is 5.02. The third-order valence-electron chi connectivity index (χ3n) is 2.44. The van der Waals surface area contributed by atoms with Crippen LogP contribution in [-0.2, 0) is 0 Å². The number of nitrogens with one attached hydrogen (secondary N) is 1. The molecule has 0 bridgehead atoms. The monoisotopic (exact) mass is 230 g/mol. The highest BCUT2D eigenvalue weighted by atomic mass is 16.6. The maximum atomic E-state index is 11.9. The average molecular weight is 230 g/mol. The van der Waals surface area contributed by atoms with Gasteiger partial charge in [0, 0.05) is 11.6 Å². The lowest BCUT2D eigenvalue weighted by molar-refractivity contribution is -0.384. The molecular weight excluding hydrogens is 220 g/mol. The van der Waals surface area contributed by atoms with Crippen LogP contribution in [0, 0.1) is 17.0 Å². The van der Waals surface area contributed by atoms with Gasteiger partial charge in [0.2, 0.25) is 5.78 Å². The number of carbonyl (C=O) groups is 1. The zero-order chi connectivity index (χ0) is 12.4. The minimum Gasteiger partial charge on any atom is -0.353 e. The van der Waals surface area contributed by atoms with Gasteiger partial charge in [0.05, 0.1) is 16.8 Å². The van der Waals surface area contributed by atoms with E-state index in [-0.39, 0.29) is 17.2 Å². The van der Waals surface area contributed by atoms with Gasteiger partial charge in [0.25, 0.3) is 5.69 Å². The van der Waals surface area contributed by atoms with E-state index < -0.39 is 4.92 Å². The fourth-order valence-electron chi connectivity index (χ4n) is 1.48. The topological polar surface area (TPSA) is 76.0 Å². The number of rotatable bonds is 3. The van der Waals surface area contributed by atoms with Gasteiger partial charge in [-0.1, -0.05) is 29.8 Å². The Labute approximate surface area is 97.2 Å². The molecule has 0 radical (unpaired) electrons. The number of nitrogens with zero attached hydrogens (tertiary/aromatic N) is 1. The van der Waals surface area contributed by atoms with Crippen LogP contribution in [0.3, 0.4) is 0 Å². The van der Waals surface area contributed by atoms with E-state index in [9.17, 15) is 14.9 Å². The van der Waals surface area contributed by atoms with Gasteiger partial charge < -0.3 is 4.98 Å². The van der Waals surface area contributed by atoms with Crippen molar-refractivity contribution < 1.29 is 9.72 Å². The van der Waals surface area contributed by atoms with E-state index in [1.807, 2.05) is 19.1 Å². The molecule has 5 heteroatoms. The largest absolute Gasteiger partial charge is 0.353 e. The van der Waals surface area contributed by atoms with Crippen molar-refractivity contribution in [2.45, 2.75) is 6.92 Å². The summed E-state index contributed by atoms with van der Waals surface area (Å²) in [5, 5.41) is 10.5. The van der Waals surface area contributed by atoms with Crippen molar-refractivity contribution in [1.29, 1.82) is 0 Å². The summed E-state index contributed by atoms with van der Waals surface area (Å²) in [5.41, 5.74) is 1.67. The maximum Gasteiger partial charge on any atom is 0.287 e. The van der Waals surface area contributed by atoms with E-state index in [1.165, 1.54) is 12.3 Å². The Kier molecular flexibility index (Phi) is 2.74. The molecule has 5 nitrogen and oxygen atoms in total. The zero-order valence-corrected chi connectivity index (χ0v) is 9.14. The van der Waals surface area contributed by atoms with Gasteiger partial charge in [-0.05, 0) is 6.92 Å². The van der Waals surface area contributed by atoms with Gasteiger partial charge in [0.1, 0.15) is 0 Å². The first-order chi connectivity index (χ1) is 8.08. The summed E-state index contributed by atoms with van der Waals surface area (Å²) in [6, 6.07) is 8.28. The lowest BCUT2D eigenvalue weighted by atomic mass is 10.1. The summed E-state index contributed by atoms with van der Waals surface area (Å²) in [6.45, 7) is 1.92. The molecule has 1 heterocycles. The van der Waals surface area contributed by atoms with E-state index in [1.54, 1.807) is 12.1 Å². The number of aromatic nitrogens is 1. The van der Waals surface area contributed by atoms with Gasteiger partial charge in [0.15, 0.2) is 0 Å². The number of aromatic amines is 1. The number of nitro groups is 1. The molecule has 0 aliphatic heterocycles. The first-order valence-electron chi connectivity index (χ1n) is 5.02. The van der Waals surface area contributed by atoms with Gasteiger partial charge in [-0.3, -0.25) is 14.9 Å². The van der Waals surface area contributed by atoms with Crippen molar-refractivity contribution in [1.82, 2.24) is 4.98 Å². The summed E-state index contributed by atoms with van der Waals surface area (Å²) < 4.78 is 0. The summed E-state index contributed by atoms with van der Waals surface area (Å²) in [6.07, 6.45) is 1.21. The van der Waals surface area contributed by atoms with Crippen LogP contribution in [0.2, 0.25) is 0 Å². The molecule has 1 N–H and O–H groups in total. The molecule has 0 saturated carbocycles. The molecule has 0 aliphatic rings. The lowest BCUT2D eigenvalue weighted by Gasteiger charge is -1.98. The molecule has 2 aromatic rings. The number of ketones is 1. The van der Waals surface area contributed by atoms with E-state index in [2.05, 4.69) is 4.98 Å². The highest BCUT2D eigenvalue weighted by molar-refractivity contribution is 6.08. The second-order valence-corrected chi connectivity index (χ2v) is 3.72. The number of aryl methyl sites for hydroxylation is 1. The molecule has 0 atom stereocenters. The third-order valence-corrected chi connectivity index (χ3v) is 2.44. The average Bonchev–Trinajstić information content (AvgIpc) is 2.78. The van der Waals surface area contributed by atoms with E-state index in [4.69, 9.17) is 0 Å². The van der Waals surface area contributed by atoms with Crippen LogP contribution in [0.1, 0.15) is 21.6 Å². The Morgan fingerprint density at radius 3 is 2.47 bits per heavy atom. The van der Waals surface area contributed by atoms with Crippen LogP contribution in [-0.4, -0.2) is 15.7 Å². The summed E-state index contributed by atoms with van der Waals surface area (Å²) in [5.74, 6) is -0.252. The predicted molar refractivity (Wildman–Crippen MR) is 62.1 cm³/mol. The Hall–Kier alpha value is -2.43. The van der Waals surface area contributed by atoms with Crippen molar-refractivity contribution in [2.24, 2.45) is 0 Å². The van der Waals surface area contributed by atoms with Crippen LogP contribution in [0.15, 0.2) is 36.5 Å². The Balaban J connectivity index is 2.30. The second kappa shape index (κ2) is 4.21. The maximum absolute atomic E-state index is 11.9. The second-order valence-electron chi connectivity index (χ2n) is 3.72. The molecule has 0 saturated heterocycles. The molecule has 0 aliphatic carbocycles. The minimum absolute atomic E-state index is 0.111. The zero-order valence-electron chi connectivity index (χ0n) is 9.14. The van der Waals surface area contributed by atoms with Crippen LogP contribution in [0.4, 0.5) is 5.69 Å². The van der Waals surface area contributed by atoms with Gasteiger partial charge in [-0.2, -0.15) is 0 Å². The number of benzene rings is 1. The fraction of sp³-hybridized carbons (Fsp3) is 0.0833.